The molecule has 0 saturated heterocycles. The Balaban J connectivity index is 2.29. The van der Waals surface area contributed by atoms with Crippen LogP contribution in [0.15, 0.2) is 24.3 Å². The molecule has 0 saturated carbocycles. The van der Waals surface area contributed by atoms with Crippen molar-refractivity contribution in [1.29, 1.82) is 0 Å². The van der Waals surface area contributed by atoms with Crippen molar-refractivity contribution in [3.05, 3.63) is 35.4 Å². The van der Waals surface area contributed by atoms with Crippen molar-refractivity contribution in [2.45, 2.75) is 26.3 Å². The molecule has 1 aromatic carbocycles. The summed E-state index contributed by atoms with van der Waals surface area (Å²) in [7, 11) is 1.64. The van der Waals surface area contributed by atoms with Gasteiger partial charge in [-0.15, -0.1) is 0 Å². The number of methoxy groups -OCH3 is 1. The second-order valence-corrected chi connectivity index (χ2v) is 4.77. The minimum atomic E-state index is 0.0252. The monoisotopic (exact) mass is 264 g/mol. The Labute approximate surface area is 115 Å². The Morgan fingerprint density at radius 2 is 2.11 bits per heavy atom. The highest BCUT2D eigenvalue weighted by molar-refractivity contribution is 5.78. The van der Waals surface area contributed by atoms with Gasteiger partial charge in [-0.1, -0.05) is 24.3 Å². The summed E-state index contributed by atoms with van der Waals surface area (Å²) in [5, 5.41) is 6.02. The molecular formula is C15H24N2O2. The van der Waals surface area contributed by atoms with Crippen molar-refractivity contribution in [1.82, 2.24) is 10.6 Å². The van der Waals surface area contributed by atoms with Crippen LogP contribution >= 0.6 is 0 Å². The summed E-state index contributed by atoms with van der Waals surface area (Å²) in [5.41, 5.74) is 2.55. The molecule has 4 nitrogen and oxygen atoms in total. The van der Waals surface area contributed by atoms with E-state index in [4.69, 9.17) is 4.74 Å². The Bertz CT molecular complexity index is 393. The lowest BCUT2D eigenvalue weighted by Gasteiger charge is -2.15. The van der Waals surface area contributed by atoms with Crippen molar-refractivity contribution in [3.8, 4) is 0 Å². The molecule has 1 atom stereocenters. The molecule has 1 unspecified atom stereocenters. The zero-order chi connectivity index (χ0) is 14.1. The standard InChI is InChI=1S/C15H24N2O2/c1-12-6-4-5-7-14(12)10-13(2)17-15(18)11-16-8-9-19-3/h4-7,13,16H,8-11H2,1-3H3,(H,17,18). The zero-order valence-corrected chi connectivity index (χ0v) is 12.0. The Morgan fingerprint density at radius 3 is 2.79 bits per heavy atom. The van der Waals surface area contributed by atoms with E-state index in [2.05, 4.69) is 29.7 Å². The molecule has 1 aromatic rings. The highest BCUT2D eigenvalue weighted by Crippen LogP contribution is 2.09. The van der Waals surface area contributed by atoms with Gasteiger partial charge in [-0.05, 0) is 31.4 Å². The first-order chi connectivity index (χ1) is 9.13. The molecule has 0 aliphatic carbocycles. The van der Waals surface area contributed by atoms with Crippen molar-refractivity contribution in [3.63, 3.8) is 0 Å². The number of nitrogens with one attached hydrogen (secondary N) is 2. The second kappa shape index (κ2) is 8.67. The molecule has 0 aliphatic rings. The van der Waals surface area contributed by atoms with Gasteiger partial charge in [0.1, 0.15) is 0 Å². The van der Waals surface area contributed by atoms with Gasteiger partial charge < -0.3 is 15.4 Å². The van der Waals surface area contributed by atoms with Crippen LogP contribution in [0.3, 0.4) is 0 Å². The fourth-order valence-electron chi connectivity index (χ4n) is 1.92. The summed E-state index contributed by atoms with van der Waals surface area (Å²) in [5.74, 6) is 0.0252. The maximum absolute atomic E-state index is 11.7. The minimum absolute atomic E-state index is 0.0252. The number of carbonyl (C=O) groups excluding carboxylic acids is 1. The van der Waals surface area contributed by atoms with Gasteiger partial charge in [0.15, 0.2) is 0 Å². The first-order valence-corrected chi connectivity index (χ1v) is 6.67. The van der Waals surface area contributed by atoms with E-state index in [0.29, 0.717) is 19.7 Å². The van der Waals surface area contributed by atoms with E-state index in [-0.39, 0.29) is 11.9 Å². The molecule has 0 bridgehead atoms. The smallest absolute Gasteiger partial charge is 0.234 e. The molecule has 0 spiro atoms. The van der Waals surface area contributed by atoms with Gasteiger partial charge in [-0.3, -0.25) is 4.79 Å². The largest absolute Gasteiger partial charge is 0.383 e. The fraction of sp³-hybridized carbons (Fsp3) is 0.533. The highest BCUT2D eigenvalue weighted by Gasteiger charge is 2.08. The van der Waals surface area contributed by atoms with Gasteiger partial charge >= 0.3 is 0 Å². The number of carbonyl (C=O) groups is 1. The third kappa shape index (κ3) is 6.36. The number of rotatable bonds is 8. The van der Waals surface area contributed by atoms with Crippen molar-refractivity contribution >= 4 is 5.91 Å². The van der Waals surface area contributed by atoms with Gasteiger partial charge in [0.25, 0.3) is 0 Å². The summed E-state index contributed by atoms with van der Waals surface area (Å²) >= 11 is 0. The van der Waals surface area contributed by atoms with E-state index < -0.39 is 0 Å². The molecular weight excluding hydrogens is 240 g/mol. The predicted molar refractivity (Wildman–Crippen MR) is 77.2 cm³/mol. The molecule has 106 valence electrons. The first-order valence-electron chi connectivity index (χ1n) is 6.67. The Morgan fingerprint density at radius 1 is 1.37 bits per heavy atom. The third-order valence-corrected chi connectivity index (χ3v) is 2.96. The molecule has 4 heteroatoms. The number of aryl methyl sites for hydroxylation is 1. The van der Waals surface area contributed by atoms with Gasteiger partial charge in [0, 0.05) is 19.7 Å². The summed E-state index contributed by atoms with van der Waals surface area (Å²) < 4.78 is 4.90. The van der Waals surface area contributed by atoms with Crippen molar-refractivity contribution in [2.75, 3.05) is 26.8 Å². The lowest BCUT2D eigenvalue weighted by atomic mass is 10.0. The van der Waals surface area contributed by atoms with Crippen LogP contribution in [0.2, 0.25) is 0 Å². The topological polar surface area (TPSA) is 50.4 Å². The molecule has 0 heterocycles. The summed E-state index contributed by atoms with van der Waals surface area (Å²) in [4.78, 5) is 11.7. The van der Waals surface area contributed by atoms with Crippen molar-refractivity contribution < 1.29 is 9.53 Å². The molecule has 0 radical (unpaired) electrons. The van der Waals surface area contributed by atoms with Crippen LogP contribution in [-0.4, -0.2) is 38.8 Å². The fourth-order valence-corrected chi connectivity index (χ4v) is 1.92. The number of hydrogen-bond donors (Lipinski definition) is 2. The molecule has 0 fully saturated rings. The molecule has 0 aliphatic heterocycles. The molecule has 1 amide bonds. The second-order valence-electron chi connectivity index (χ2n) is 4.77. The average Bonchev–Trinajstić information content (AvgIpc) is 2.37. The van der Waals surface area contributed by atoms with Crippen LogP contribution < -0.4 is 10.6 Å². The highest BCUT2D eigenvalue weighted by atomic mass is 16.5. The first kappa shape index (κ1) is 15.7. The lowest BCUT2D eigenvalue weighted by molar-refractivity contribution is -0.120. The predicted octanol–water partition coefficient (Wildman–Crippen LogP) is 1.28. The maximum Gasteiger partial charge on any atom is 0.234 e. The summed E-state index contributed by atoms with van der Waals surface area (Å²) in [6.07, 6.45) is 0.858. The average molecular weight is 264 g/mol. The molecule has 2 N–H and O–H groups in total. The van der Waals surface area contributed by atoms with E-state index in [1.807, 2.05) is 19.1 Å². The van der Waals surface area contributed by atoms with Crippen LogP contribution in [0.25, 0.3) is 0 Å². The molecule has 0 aromatic heterocycles. The van der Waals surface area contributed by atoms with Gasteiger partial charge in [-0.25, -0.2) is 0 Å². The van der Waals surface area contributed by atoms with Crippen LogP contribution in [0.1, 0.15) is 18.1 Å². The van der Waals surface area contributed by atoms with Gasteiger partial charge in [0.05, 0.1) is 13.2 Å². The van der Waals surface area contributed by atoms with E-state index in [0.717, 1.165) is 6.42 Å². The molecule has 1 rings (SSSR count). The summed E-state index contributed by atoms with van der Waals surface area (Å²) in [6.45, 7) is 5.76. The Hall–Kier alpha value is -1.39. The summed E-state index contributed by atoms with van der Waals surface area (Å²) in [6, 6.07) is 8.40. The third-order valence-electron chi connectivity index (χ3n) is 2.96. The maximum atomic E-state index is 11.7. The van der Waals surface area contributed by atoms with E-state index >= 15 is 0 Å². The number of amides is 1. The van der Waals surface area contributed by atoms with Crippen molar-refractivity contribution in [2.24, 2.45) is 0 Å². The van der Waals surface area contributed by atoms with E-state index in [1.54, 1.807) is 7.11 Å². The number of benzene rings is 1. The quantitative estimate of drug-likeness (QED) is 0.695. The van der Waals surface area contributed by atoms with E-state index in [1.165, 1.54) is 11.1 Å². The van der Waals surface area contributed by atoms with Gasteiger partial charge in [-0.2, -0.15) is 0 Å². The van der Waals surface area contributed by atoms with Crippen LogP contribution in [-0.2, 0) is 16.0 Å². The SMILES string of the molecule is COCCNCC(=O)NC(C)Cc1ccccc1C. The number of ether oxygens (including phenoxy) is 1. The lowest BCUT2D eigenvalue weighted by Crippen LogP contribution is -2.40. The normalized spacial score (nSPS) is 12.2. The number of hydrogen-bond acceptors (Lipinski definition) is 3. The minimum Gasteiger partial charge on any atom is -0.383 e. The van der Waals surface area contributed by atoms with E-state index in [9.17, 15) is 4.79 Å². The van der Waals surface area contributed by atoms with Gasteiger partial charge in [0.2, 0.25) is 5.91 Å². The molecule has 19 heavy (non-hydrogen) atoms. The van der Waals surface area contributed by atoms with Crippen LogP contribution in [0.5, 0.6) is 0 Å². The Kier molecular flexibility index (Phi) is 7.15. The zero-order valence-electron chi connectivity index (χ0n) is 12.0. The van der Waals surface area contributed by atoms with Crippen LogP contribution in [0.4, 0.5) is 0 Å². The van der Waals surface area contributed by atoms with Crippen LogP contribution in [0, 0.1) is 6.92 Å².